The molecule has 0 saturated heterocycles. The maximum absolute atomic E-state index is 5.63. The Morgan fingerprint density at radius 1 is 1.57 bits per heavy atom. The van der Waals surface area contributed by atoms with Crippen molar-refractivity contribution < 1.29 is 4.74 Å². The van der Waals surface area contributed by atoms with Gasteiger partial charge < -0.3 is 10.1 Å². The molecule has 0 aliphatic carbocycles. The van der Waals surface area contributed by atoms with Crippen molar-refractivity contribution in [2.75, 3.05) is 13.7 Å². The third-order valence-corrected chi connectivity index (χ3v) is 3.34. The number of hydrogen-bond acceptors (Lipinski definition) is 2. The summed E-state index contributed by atoms with van der Waals surface area (Å²) < 4.78 is 6.75. The average molecular weight is 256 g/mol. The van der Waals surface area contributed by atoms with Gasteiger partial charge in [0.15, 0.2) is 0 Å². The molecule has 0 aromatic heterocycles. The van der Waals surface area contributed by atoms with E-state index in [2.05, 4.69) is 34.2 Å². The zero-order valence-corrected chi connectivity index (χ0v) is 9.97. The molecule has 1 aromatic carbocycles. The molecule has 76 valence electrons. The van der Waals surface area contributed by atoms with E-state index in [0.717, 1.165) is 16.8 Å². The number of benzene rings is 1. The highest BCUT2D eigenvalue weighted by Gasteiger charge is 2.28. The Morgan fingerprint density at radius 3 is 3.07 bits per heavy atom. The molecule has 1 aromatic rings. The Labute approximate surface area is 92.8 Å². The minimum absolute atomic E-state index is 0.450. The van der Waals surface area contributed by atoms with E-state index in [4.69, 9.17) is 4.74 Å². The van der Waals surface area contributed by atoms with E-state index in [1.165, 1.54) is 5.56 Å². The van der Waals surface area contributed by atoms with Crippen molar-refractivity contribution in [2.45, 2.75) is 18.9 Å². The van der Waals surface area contributed by atoms with Crippen LogP contribution in [0.3, 0.4) is 0 Å². The van der Waals surface area contributed by atoms with Crippen molar-refractivity contribution in [1.29, 1.82) is 0 Å². The maximum atomic E-state index is 5.63. The lowest BCUT2D eigenvalue weighted by molar-refractivity contribution is 0.308. The van der Waals surface area contributed by atoms with E-state index in [-0.39, 0.29) is 0 Å². The normalized spacial score (nSPS) is 21.5. The van der Waals surface area contributed by atoms with Gasteiger partial charge in [0.05, 0.1) is 6.61 Å². The van der Waals surface area contributed by atoms with Crippen molar-refractivity contribution in [3.05, 3.63) is 28.2 Å². The van der Waals surface area contributed by atoms with Crippen molar-refractivity contribution >= 4 is 15.9 Å². The van der Waals surface area contributed by atoms with Crippen LogP contribution in [0.15, 0.2) is 22.7 Å². The van der Waals surface area contributed by atoms with E-state index in [1.807, 2.05) is 19.2 Å². The molecule has 14 heavy (non-hydrogen) atoms. The molecule has 1 aliphatic heterocycles. The Balaban J connectivity index is 2.33. The van der Waals surface area contributed by atoms with Gasteiger partial charge in [0.25, 0.3) is 0 Å². The molecule has 0 amide bonds. The highest BCUT2D eigenvalue weighted by Crippen LogP contribution is 2.37. The lowest BCUT2D eigenvalue weighted by Gasteiger charge is -2.17. The lowest BCUT2D eigenvalue weighted by Crippen LogP contribution is -2.29. The van der Waals surface area contributed by atoms with Crippen LogP contribution in [0.1, 0.15) is 18.4 Å². The number of rotatable bonds is 2. The number of fused-ring (bicyclic) bond motifs is 1. The molecule has 3 heteroatoms. The number of ether oxygens (including phenoxy) is 1. The van der Waals surface area contributed by atoms with Crippen LogP contribution in [0.4, 0.5) is 0 Å². The molecule has 2 unspecified atom stereocenters. The van der Waals surface area contributed by atoms with Crippen LogP contribution in [0.25, 0.3) is 0 Å². The first kappa shape index (κ1) is 9.99. The molecule has 0 radical (unpaired) electrons. The molecule has 1 N–H and O–H groups in total. The summed E-state index contributed by atoms with van der Waals surface area (Å²) in [5.74, 6) is 1.49. The first-order valence-electron chi connectivity index (χ1n) is 4.82. The Hall–Kier alpha value is -0.540. The van der Waals surface area contributed by atoms with E-state index in [0.29, 0.717) is 12.0 Å². The number of halogens is 1. The van der Waals surface area contributed by atoms with Gasteiger partial charge in [-0.2, -0.15) is 0 Å². The standard InChI is InChI=1S/C11H14BrNO/c1-7(13-2)10-6-14-11-4-3-8(12)5-9(10)11/h3-5,7,10,13H,6H2,1-2H3. The molecular weight excluding hydrogens is 242 g/mol. The Morgan fingerprint density at radius 2 is 2.36 bits per heavy atom. The average Bonchev–Trinajstić information content (AvgIpc) is 2.59. The Bertz CT molecular complexity index is 340. The second-order valence-corrected chi connectivity index (χ2v) is 4.59. The van der Waals surface area contributed by atoms with Crippen LogP contribution in [0.5, 0.6) is 5.75 Å². The maximum Gasteiger partial charge on any atom is 0.123 e. The second-order valence-electron chi connectivity index (χ2n) is 3.68. The second kappa shape index (κ2) is 3.91. The summed E-state index contributed by atoms with van der Waals surface area (Å²) in [6.45, 7) is 2.97. The van der Waals surface area contributed by atoms with Gasteiger partial charge in [-0.1, -0.05) is 15.9 Å². The summed E-state index contributed by atoms with van der Waals surface area (Å²) in [6.07, 6.45) is 0. The highest BCUT2D eigenvalue weighted by molar-refractivity contribution is 9.10. The molecule has 1 heterocycles. The van der Waals surface area contributed by atoms with Gasteiger partial charge in [0.1, 0.15) is 5.75 Å². The van der Waals surface area contributed by atoms with Gasteiger partial charge in [-0.15, -0.1) is 0 Å². The third kappa shape index (κ3) is 1.66. The minimum atomic E-state index is 0.450. The minimum Gasteiger partial charge on any atom is -0.493 e. The van der Waals surface area contributed by atoms with Gasteiger partial charge in [0.2, 0.25) is 0 Å². The van der Waals surface area contributed by atoms with Crippen LogP contribution < -0.4 is 10.1 Å². The van der Waals surface area contributed by atoms with Crippen molar-refractivity contribution in [2.24, 2.45) is 0 Å². The van der Waals surface area contributed by atoms with Gasteiger partial charge in [-0.25, -0.2) is 0 Å². The van der Waals surface area contributed by atoms with E-state index < -0.39 is 0 Å². The fourth-order valence-electron chi connectivity index (χ4n) is 1.82. The van der Waals surface area contributed by atoms with Crippen LogP contribution >= 0.6 is 15.9 Å². The zero-order chi connectivity index (χ0) is 10.1. The summed E-state index contributed by atoms with van der Waals surface area (Å²) in [4.78, 5) is 0. The zero-order valence-electron chi connectivity index (χ0n) is 8.38. The fraction of sp³-hybridized carbons (Fsp3) is 0.455. The quantitative estimate of drug-likeness (QED) is 0.877. The summed E-state index contributed by atoms with van der Waals surface area (Å²) in [5.41, 5.74) is 1.31. The lowest BCUT2D eigenvalue weighted by atomic mass is 9.95. The molecule has 2 rings (SSSR count). The monoisotopic (exact) mass is 255 g/mol. The van der Waals surface area contributed by atoms with Crippen molar-refractivity contribution in [1.82, 2.24) is 5.32 Å². The molecule has 2 nitrogen and oxygen atoms in total. The van der Waals surface area contributed by atoms with Crippen LogP contribution in [-0.2, 0) is 0 Å². The Kier molecular flexibility index (Phi) is 2.79. The molecule has 2 atom stereocenters. The van der Waals surface area contributed by atoms with Gasteiger partial charge in [-0.05, 0) is 32.2 Å². The van der Waals surface area contributed by atoms with Crippen LogP contribution in [0.2, 0.25) is 0 Å². The summed E-state index contributed by atoms with van der Waals surface area (Å²) in [7, 11) is 1.99. The molecule has 0 saturated carbocycles. The highest BCUT2D eigenvalue weighted by atomic mass is 79.9. The SMILES string of the molecule is CNC(C)C1COc2ccc(Br)cc21. The van der Waals surface area contributed by atoms with Gasteiger partial charge in [0, 0.05) is 22.0 Å². The largest absolute Gasteiger partial charge is 0.493 e. The number of hydrogen-bond donors (Lipinski definition) is 1. The molecule has 0 bridgehead atoms. The predicted octanol–water partition coefficient (Wildman–Crippen LogP) is 2.53. The van der Waals surface area contributed by atoms with E-state index in [9.17, 15) is 0 Å². The first-order valence-corrected chi connectivity index (χ1v) is 5.61. The van der Waals surface area contributed by atoms with Crippen molar-refractivity contribution in [3.8, 4) is 5.75 Å². The third-order valence-electron chi connectivity index (χ3n) is 2.85. The molecule has 1 aliphatic rings. The number of nitrogens with one attached hydrogen (secondary N) is 1. The van der Waals surface area contributed by atoms with Crippen LogP contribution in [0, 0.1) is 0 Å². The van der Waals surface area contributed by atoms with Gasteiger partial charge >= 0.3 is 0 Å². The molecular formula is C11H14BrNO. The van der Waals surface area contributed by atoms with E-state index >= 15 is 0 Å². The summed E-state index contributed by atoms with van der Waals surface area (Å²) in [5, 5.41) is 3.27. The van der Waals surface area contributed by atoms with Crippen molar-refractivity contribution in [3.63, 3.8) is 0 Å². The number of likely N-dealkylation sites (N-methyl/N-ethyl adjacent to an activating group) is 1. The van der Waals surface area contributed by atoms with Gasteiger partial charge in [-0.3, -0.25) is 0 Å². The molecule has 0 spiro atoms. The summed E-state index contributed by atoms with van der Waals surface area (Å²) in [6, 6.07) is 6.65. The topological polar surface area (TPSA) is 21.3 Å². The summed E-state index contributed by atoms with van der Waals surface area (Å²) >= 11 is 3.49. The first-order chi connectivity index (χ1) is 6.72. The smallest absolute Gasteiger partial charge is 0.123 e. The van der Waals surface area contributed by atoms with Crippen LogP contribution in [-0.4, -0.2) is 19.7 Å². The van der Waals surface area contributed by atoms with E-state index in [1.54, 1.807) is 0 Å². The predicted molar refractivity (Wildman–Crippen MR) is 60.9 cm³/mol. The molecule has 0 fully saturated rings. The fourth-order valence-corrected chi connectivity index (χ4v) is 2.20.